The molecule has 0 bridgehead atoms. The summed E-state index contributed by atoms with van der Waals surface area (Å²) in [4.78, 5) is 9.03. The molecule has 0 saturated carbocycles. The van der Waals surface area contributed by atoms with Crippen molar-refractivity contribution in [3.63, 3.8) is 0 Å². The lowest BCUT2D eigenvalue weighted by Gasteiger charge is -2.01. The number of phenols is 1. The van der Waals surface area contributed by atoms with E-state index in [1.165, 1.54) is 11.1 Å². The van der Waals surface area contributed by atoms with Crippen LogP contribution in [-0.2, 0) is 13.0 Å². The highest BCUT2D eigenvalue weighted by Gasteiger charge is 2.22. The van der Waals surface area contributed by atoms with E-state index >= 15 is 0 Å². The van der Waals surface area contributed by atoms with Crippen LogP contribution in [0.4, 0.5) is 0 Å². The summed E-state index contributed by atoms with van der Waals surface area (Å²) in [6.07, 6.45) is 2.57. The van der Waals surface area contributed by atoms with E-state index in [-0.39, 0.29) is 5.75 Å². The van der Waals surface area contributed by atoms with Gasteiger partial charge in [0.15, 0.2) is 5.82 Å². The van der Waals surface area contributed by atoms with E-state index in [2.05, 4.69) is 45.3 Å². The minimum Gasteiger partial charge on any atom is -0.508 e. The molecular formula is C20H18N4O. The number of hydrogen-bond acceptors (Lipinski definition) is 5. The van der Waals surface area contributed by atoms with E-state index in [1.54, 1.807) is 12.3 Å². The number of rotatable bonds is 3. The van der Waals surface area contributed by atoms with E-state index in [0.29, 0.717) is 12.4 Å². The summed E-state index contributed by atoms with van der Waals surface area (Å²) in [7, 11) is 0. The highest BCUT2D eigenvalue weighted by molar-refractivity contribution is 5.80. The van der Waals surface area contributed by atoms with E-state index in [4.69, 9.17) is 0 Å². The van der Waals surface area contributed by atoms with Gasteiger partial charge in [0.25, 0.3) is 0 Å². The molecule has 25 heavy (non-hydrogen) atoms. The van der Waals surface area contributed by atoms with Crippen LogP contribution in [0.1, 0.15) is 33.8 Å². The van der Waals surface area contributed by atoms with Gasteiger partial charge in [0, 0.05) is 18.2 Å². The predicted molar refractivity (Wildman–Crippen MR) is 96.9 cm³/mol. The molecular weight excluding hydrogens is 312 g/mol. The zero-order chi connectivity index (χ0) is 17.4. The average Bonchev–Trinajstić information content (AvgIpc) is 2.94. The quantitative estimate of drug-likeness (QED) is 0.585. The topological polar surface area (TPSA) is 71.3 Å². The third-order valence-corrected chi connectivity index (χ3v) is 4.37. The van der Waals surface area contributed by atoms with Crippen molar-refractivity contribution in [2.45, 2.75) is 26.8 Å². The summed E-state index contributed by atoms with van der Waals surface area (Å²) in [5.74, 6) is 0.910. The maximum atomic E-state index is 9.56. The molecule has 5 heteroatoms. The zero-order valence-corrected chi connectivity index (χ0v) is 14.2. The summed E-state index contributed by atoms with van der Waals surface area (Å²) >= 11 is 0. The summed E-state index contributed by atoms with van der Waals surface area (Å²) in [6, 6.07) is 11.8. The molecule has 0 amide bonds. The van der Waals surface area contributed by atoms with E-state index in [0.717, 1.165) is 34.5 Å². The maximum absolute atomic E-state index is 9.56. The van der Waals surface area contributed by atoms with Gasteiger partial charge in [-0.1, -0.05) is 23.8 Å². The largest absolute Gasteiger partial charge is 0.508 e. The van der Waals surface area contributed by atoms with Crippen molar-refractivity contribution >= 4 is 6.21 Å². The Balaban J connectivity index is 1.52. The van der Waals surface area contributed by atoms with Gasteiger partial charge >= 0.3 is 0 Å². The Bertz CT molecular complexity index is 995. The van der Waals surface area contributed by atoms with Gasteiger partial charge in [0.2, 0.25) is 0 Å². The van der Waals surface area contributed by atoms with Crippen molar-refractivity contribution in [3.05, 3.63) is 70.2 Å². The van der Waals surface area contributed by atoms with Gasteiger partial charge < -0.3 is 5.11 Å². The molecule has 0 saturated heterocycles. The molecule has 1 heterocycles. The number of aromatic nitrogens is 3. The Morgan fingerprint density at radius 3 is 2.84 bits per heavy atom. The highest BCUT2D eigenvalue weighted by Crippen LogP contribution is 2.33. The van der Waals surface area contributed by atoms with Crippen LogP contribution in [0.3, 0.4) is 0 Å². The second kappa shape index (κ2) is 6.09. The van der Waals surface area contributed by atoms with Crippen molar-refractivity contribution in [1.82, 2.24) is 15.2 Å². The van der Waals surface area contributed by atoms with E-state index < -0.39 is 0 Å². The molecule has 0 fully saturated rings. The number of phenolic OH excluding ortho intramolecular Hbond substituents is 1. The lowest BCUT2D eigenvalue weighted by atomic mass is 10.1. The second-order valence-electron chi connectivity index (χ2n) is 6.38. The first kappa shape index (κ1) is 15.4. The maximum Gasteiger partial charge on any atom is 0.172 e. The molecule has 1 aliphatic carbocycles. The first-order chi connectivity index (χ1) is 12.1. The van der Waals surface area contributed by atoms with Crippen molar-refractivity contribution in [3.8, 4) is 17.0 Å². The molecule has 0 atom stereocenters. The number of hydrogen-bond donors (Lipinski definition) is 1. The van der Waals surface area contributed by atoms with Crippen LogP contribution in [0.25, 0.3) is 11.3 Å². The van der Waals surface area contributed by atoms with Gasteiger partial charge in [-0.15, -0.1) is 10.2 Å². The minimum atomic E-state index is 0.290. The number of nitrogens with zero attached hydrogens (tertiary/aromatic N) is 4. The Morgan fingerprint density at radius 2 is 2.00 bits per heavy atom. The van der Waals surface area contributed by atoms with Crippen molar-refractivity contribution < 1.29 is 5.11 Å². The predicted octanol–water partition coefficient (Wildman–Crippen LogP) is 3.38. The van der Waals surface area contributed by atoms with Crippen molar-refractivity contribution in [2.24, 2.45) is 4.99 Å². The Labute approximate surface area is 146 Å². The van der Waals surface area contributed by atoms with E-state index in [9.17, 15) is 5.11 Å². The van der Waals surface area contributed by atoms with Gasteiger partial charge in [0.1, 0.15) is 18.0 Å². The molecule has 1 aromatic heterocycles. The number of aliphatic imine (C=N–C) groups is 1. The molecule has 1 aliphatic rings. The molecule has 5 nitrogen and oxygen atoms in total. The molecule has 0 unspecified atom stereocenters. The van der Waals surface area contributed by atoms with Crippen molar-refractivity contribution in [1.29, 1.82) is 0 Å². The van der Waals surface area contributed by atoms with Gasteiger partial charge in [-0.25, -0.2) is 4.98 Å². The smallest absolute Gasteiger partial charge is 0.172 e. The first-order valence-corrected chi connectivity index (χ1v) is 8.22. The molecule has 0 radical (unpaired) electrons. The fourth-order valence-electron chi connectivity index (χ4n) is 3.07. The number of aromatic hydroxyl groups is 1. The van der Waals surface area contributed by atoms with Crippen LogP contribution in [0.2, 0.25) is 0 Å². The molecule has 2 aromatic carbocycles. The van der Waals surface area contributed by atoms with Crippen LogP contribution >= 0.6 is 0 Å². The summed E-state index contributed by atoms with van der Waals surface area (Å²) < 4.78 is 0. The summed E-state index contributed by atoms with van der Waals surface area (Å²) in [5, 5.41) is 18.1. The van der Waals surface area contributed by atoms with E-state index in [1.807, 2.05) is 19.1 Å². The molecule has 3 aromatic rings. The van der Waals surface area contributed by atoms with Crippen LogP contribution in [-0.4, -0.2) is 26.5 Å². The highest BCUT2D eigenvalue weighted by atomic mass is 16.3. The number of aryl methyl sites for hydroxylation is 2. The zero-order valence-electron chi connectivity index (χ0n) is 14.2. The second-order valence-corrected chi connectivity index (χ2v) is 6.38. The van der Waals surface area contributed by atoms with Crippen molar-refractivity contribution in [2.75, 3.05) is 0 Å². The minimum absolute atomic E-state index is 0.290. The first-order valence-electron chi connectivity index (χ1n) is 8.22. The Hall–Kier alpha value is -3.08. The number of benzene rings is 2. The normalized spacial score (nSPS) is 12.4. The molecule has 1 N–H and O–H groups in total. The summed E-state index contributed by atoms with van der Waals surface area (Å²) in [6.45, 7) is 4.34. The SMILES string of the molecule is Cc1ccc2c(c1)Cc1nc(CN=Cc3ccc(O)c(C)c3)nnc1-2. The number of fused-ring (bicyclic) bond motifs is 3. The van der Waals surface area contributed by atoms with Gasteiger partial charge in [-0.2, -0.15) is 0 Å². The molecule has 124 valence electrons. The van der Waals surface area contributed by atoms with Crippen LogP contribution in [0.15, 0.2) is 41.4 Å². The van der Waals surface area contributed by atoms with Gasteiger partial charge in [0.05, 0.1) is 5.69 Å². The average molecular weight is 330 g/mol. The van der Waals surface area contributed by atoms with Gasteiger partial charge in [-0.3, -0.25) is 4.99 Å². The van der Waals surface area contributed by atoms with Crippen LogP contribution < -0.4 is 0 Å². The standard InChI is InChI=1S/C20H18N4O/c1-12-3-5-16-15(7-12)9-17-20(16)24-23-19(22-17)11-21-10-14-4-6-18(25)13(2)8-14/h3-8,10,25H,9,11H2,1-2H3. The lowest BCUT2D eigenvalue weighted by Crippen LogP contribution is -2.01. The Kier molecular flexibility index (Phi) is 3.76. The summed E-state index contributed by atoms with van der Waals surface area (Å²) in [5.41, 5.74) is 7.26. The lowest BCUT2D eigenvalue weighted by molar-refractivity contribution is 0.471. The molecule has 0 aliphatic heterocycles. The van der Waals surface area contributed by atoms with Crippen LogP contribution in [0, 0.1) is 13.8 Å². The fourth-order valence-corrected chi connectivity index (χ4v) is 3.07. The molecule has 4 rings (SSSR count). The Morgan fingerprint density at radius 1 is 1.12 bits per heavy atom. The third kappa shape index (κ3) is 3.01. The van der Waals surface area contributed by atoms with Gasteiger partial charge in [-0.05, 0) is 48.7 Å². The molecule has 0 spiro atoms. The third-order valence-electron chi connectivity index (χ3n) is 4.37. The monoisotopic (exact) mass is 330 g/mol. The fraction of sp³-hybridized carbons (Fsp3) is 0.200. The van der Waals surface area contributed by atoms with Crippen LogP contribution in [0.5, 0.6) is 5.75 Å².